The van der Waals surface area contributed by atoms with Gasteiger partial charge in [-0.15, -0.1) is 0 Å². The molecule has 2 aliphatic rings. The van der Waals surface area contributed by atoms with Gasteiger partial charge in [-0.1, -0.05) is 57.0 Å². The number of nitrogens with zero attached hydrogens (tertiary/aromatic N) is 1. The highest BCUT2D eigenvalue weighted by Crippen LogP contribution is 2.49. The van der Waals surface area contributed by atoms with Crippen LogP contribution in [0.3, 0.4) is 0 Å². The maximum absolute atomic E-state index is 11.9. The van der Waals surface area contributed by atoms with Crippen LogP contribution in [0.25, 0.3) is 0 Å². The van der Waals surface area contributed by atoms with Crippen molar-refractivity contribution in [2.24, 2.45) is 17.0 Å². The second-order valence-electron chi connectivity index (χ2n) is 6.67. The molecule has 4 rings (SSSR count). The fourth-order valence-electron chi connectivity index (χ4n) is 3.02. The standard InChI is InChI=1S/C20H17BrClNO2/c21-15-7-3-13(4-8-15)19(23-25-20(24)14-1-2-14)18-11-17(18)12-5-9-16(22)10-6-12/h3-10,14,17-18H,1-2,11H2/b23-19-/t17-,18-/m0/s1. The minimum absolute atomic E-state index is 0.0428. The van der Waals surface area contributed by atoms with E-state index in [1.807, 2.05) is 36.4 Å². The van der Waals surface area contributed by atoms with Crippen LogP contribution in [0.15, 0.2) is 58.2 Å². The first-order valence-corrected chi connectivity index (χ1v) is 9.59. The van der Waals surface area contributed by atoms with E-state index >= 15 is 0 Å². The van der Waals surface area contributed by atoms with Crippen molar-refractivity contribution in [2.45, 2.75) is 25.2 Å². The van der Waals surface area contributed by atoms with Gasteiger partial charge in [-0.2, -0.15) is 0 Å². The van der Waals surface area contributed by atoms with Crippen molar-refractivity contribution in [3.05, 3.63) is 69.2 Å². The lowest BCUT2D eigenvalue weighted by atomic mass is 10.0. The molecule has 0 aliphatic heterocycles. The van der Waals surface area contributed by atoms with Crippen LogP contribution in [0.5, 0.6) is 0 Å². The fraction of sp³-hybridized carbons (Fsp3) is 0.300. The molecule has 25 heavy (non-hydrogen) atoms. The molecule has 2 aliphatic carbocycles. The van der Waals surface area contributed by atoms with Gasteiger partial charge < -0.3 is 4.84 Å². The topological polar surface area (TPSA) is 38.7 Å². The molecule has 0 aromatic heterocycles. The van der Waals surface area contributed by atoms with Gasteiger partial charge in [0.15, 0.2) is 0 Å². The van der Waals surface area contributed by atoms with Gasteiger partial charge in [-0.05, 0) is 60.6 Å². The van der Waals surface area contributed by atoms with E-state index in [2.05, 4.69) is 33.2 Å². The first-order valence-electron chi connectivity index (χ1n) is 8.42. The molecular formula is C20H17BrClNO2. The molecule has 2 aromatic rings. The van der Waals surface area contributed by atoms with Gasteiger partial charge in [0.2, 0.25) is 0 Å². The van der Waals surface area contributed by atoms with E-state index in [-0.39, 0.29) is 17.8 Å². The van der Waals surface area contributed by atoms with Crippen LogP contribution in [0, 0.1) is 11.8 Å². The smallest absolute Gasteiger partial charge is 0.318 e. The maximum Gasteiger partial charge on any atom is 0.338 e. The van der Waals surface area contributed by atoms with E-state index in [0.717, 1.165) is 40.0 Å². The molecule has 3 nitrogen and oxygen atoms in total. The Balaban J connectivity index is 1.57. The van der Waals surface area contributed by atoms with Crippen LogP contribution in [0.4, 0.5) is 0 Å². The number of hydrogen-bond acceptors (Lipinski definition) is 3. The first kappa shape index (κ1) is 16.8. The normalized spacial score (nSPS) is 22.6. The molecule has 2 atom stereocenters. The predicted molar refractivity (Wildman–Crippen MR) is 102 cm³/mol. The lowest BCUT2D eigenvalue weighted by Gasteiger charge is -2.07. The highest BCUT2D eigenvalue weighted by atomic mass is 79.9. The molecule has 0 N–H and O–H groups in total. The minimum Gasteiger partial charge on any atom is -0.318 e. The summed E-state index contributed by atoms with van der Waals surface area (Å²) in [5.41, 5.74) is 3.09. The van der Waals surface area contributed by atoms with E-state index in [4.69, 9.17) is 16.4 Å². The largest absolute Gasteiger partial charge is 0.338 e. The van der Waals surface area contributed by atoms with Gasteiger partial charge in [0, 0.05) is 15.4 Å². The van der Waals surface area contributed by atoms with E-state index in [9.17, 15) is 4.79 Å². The Morgan fingerprint density at radius 1 is 1.08 bits per heavy atom. The van der Waals surface area contributed by atoms with Crippen molar-refractivity contribution in [1.82, 2.24) is 0 Å². The zero-order chi connectivity index (χ0) is 17.4. The SMILES string of the molecule is O=C(O/N=C(/c1ccc(Br)cc1)[C@H]1C[C@H]1c1ccc(Cl)cc1)C1CC1. The van der Waals surface area contributed by atoms with Crippen molar-refractivity contribution < 1.29 is 9.63 Å². The molecule has 0 heterocycles. The van der Waals surface area contributed by atoms with E-state index < -0.39 is 0 Å². The molecule has 0 radical (unpaired) electrons. The summed E-state index contributed by atoms with van der Waals surface area (Å²) < 4.78 is 1.01. The van der Waals surface area contributed by atoms with Crippen molar-refractivity contribution in [1.29, 1.82) is 0 Å². The van der Waals surface area contributed by atoms with Crippen LogP contribution in [-0.2, 0) is 9.63 Å². The van der Waals surface area contributed by atoms with Gasteiger partial charge >= 0.3 is 5.97 Å². The van der Waals surface area contributed by atoms with Crippen LogP contribution < -0.4 is 0 Å². The first-order chi connectivity index (χ1) is 12.1. The summed E-state index contributed by atoms with van der Waals surface area (Å²) >= 11 is 9.44. The van der Waals surface area contributed by atoms with Crippen molar-refractivity contribution in [2.75, 3.05) is 0 Å². The Bertz CT molecular complexity index is 813. The van der Waals surface area contributed by atoms with Crippen LogP contribution >= 0.6 is 27.5 Å². The van der Waals surface area contributed by atoms with Crippen molar-refractivity contribution in [3.8, 4) is 0 Å². The Morgan fingerprint density at radius 3 is 2.40 bits per heavy atom. The molecule has 2 aromatic carbocycles. The second-order valence-corrected chi connectivity index (χ2v) is 8.02. The van der Waals surface area contributed by atoms with Crippen LogP contribution in [-0.4, -0.2) is 11.7 Å². The number of carbonyl (C=O) groups is 1. The quantitative estimate of drug-likeness (QED) is 0.362. The van der Waals surface area contributed by atoms with Gasteiger partial charge in [0.25, 0.3) is 0 Å². The fourth-order valence-corrected chi connectivity index (χ4v) is 3.41. The number of benzene rings is 2. The van der Waals surface area contributed by atoms with Crippen LogP contribution in [0.1, 0.15) is 36.3 Å². The second kappa shape index (κ2) is 6.93. The third-order valence-corrected chi connectivity index (χ3v) is 5.51. The monoisotopic (exact) mass is 417 g/mol. The van der Waals surface area contributed by atoms with Gasteiger partial charge in [-0.25, -0.2) is 4.79 Å². The summed E-state index contributed by atoms with van der Waals surface area (Å²) in [5.74, 6) is 0.480. The van der Waals surface area contributed by atoms with Gasteiger partial charge in [0.1, 0.15) is 0 Å². The summed E-state index contributed by atoms with van der Waals surface area (Å²) in [7, 11) is 0. The Hall–Kier alpha value is -1.65. The Labute approximate surface area is 160 Å². The Morgan fingerprint density at radius 2 is 1.76 bits per heavy atom. The maximum atomic E-state index is 11.9. The molecule has 128 valence electrons. The third-order valence-electron chi connectivity index (χ3n) is 4.72. The molecule has 0 spiro atoms. The molecule has 5 heteroatoms. The lowest BCUT2D eigenvalue weighted by Crippen LogP contribution is -2.10. The molecular weight excluding hydrogens is 402 g/mol. The molecule has 0 saturated heterocycles. The predicted octanol–water partition coefficient (Wildman–Crippen LogP) is 5.56. The van der Waals surface area contributed by atoms with Crippen molar-refractivity contribution >= 4 is 39.2 Å². The molecule has 2 saturated carbocycles. The number of oxime groups is 1. The number of rotatable bonds is 5. The number of carbonyl (C=O) groups excluding carboxylic acids is 1. The molecule has 0 bridgehead atoms. The average Bonchev–Trinajstić information content (AvgIpc) is 3.51. The van der Waals surface area contributed by atoms with E-state index in [1.165, 1.54) is 5.56 Å². The Kier molecular flexibility index (Phi) is 4.65. The van der Waals surface area contributed by atoms with Gasteiger partial charge in [-0.3, -0.25) is 0 Å². The average molecular weight is 419 g/mol. The zero-order valence-corrected chi connectivity index (χ0v) is 15.8. The minimum atomic E-state index is -0.210. The summed E-state index contributed by atoms with van der Waals surface area (Å²) in [6.45, 7) is 0. The summed E-state index contributed by atoms with van der Waals surface area (Å²) in [4.78, 5) is 17.1. The molecule has 0 unspecified atom stereocenters. The van der Waals surface area contributed by atoms with Crippen molar-refractivity contribution in [3.63, 3.8) is 0 Å². The highest BCUT2D eigenvalue weighted by Gasteiger charge is 2.43. The van der Waals surface area contributed by atoms with E-state index in [0.29, 0.717) is 5.92 Å². The van der Waals surface area contributed by atoms with Gasteiger partial charge in [0.05, 0.1) is 11.6 Å². The highest BCUT2D eigenvalue weighted by molar-refractivity contribution is 9.10. The molecule has 2 fully saturated rings. The number of hydrogen-bond donors (Lipinski definition) is 0. The summed E-state index contributed by atoms with van der Waals surface area (Å²) in [6.07, 6.45) is 2.83. The lowest BCUT2D eigenvalue weighted by molar-refractivity contribution is -0.145. The number of halogens is 2. The van der Waals surface area contributed by atoms with Crippen LogP contribution in [0.2, 0.25) is 5.02 Å². The summed E-state index contributed by atoms with van der Waals surface area (Å²) in [5, 5.41) is 5.00. The van der Waals surface area contributed by atoms with E-state index in [1.54, 1.807) is 0 Å². The third kappa shape index (κ3) is 3.96. The molecule has 0 amide bonds. The zero-order valence-electron chi connectivity index (χ0n) is 13.5. The summed E-state index contributed by atoms with van der Waals surface area (Å²) in [6, 6.07) is 15.9.